The van der Waals surface area contributed by atoms with E-state index in [1.807, 2.05) is 0 Å². The monoisotopic (exact) mass is 337 g/mol. The number of benzene rings is 1. The summed E-state index contributed by atoms with van der Waals surface area (Å²) in [4.78, 5) is 0. The SMILES string of the molecule is CCNC(c1ccc(Br)cc1C)C1CCCCC1CC. The van der Waals surface area contributed by atoms with Gasteiger partial charge in [-0.3, -0.25) is 0 Å². The first kappa shape index (κ1) is 16.0. The summed E-state index contributed by atoms with van der Waals surface area (Å²) in [5, 5.41) is 3.78. The number of rotatable bonds is 5. The molecule has 3 unspecified atom stereocenters. The highest BCUT2D eigenvalue weighted by molar-refractivity contribution is 9.10. The zero-order valence-electron chi connectivity index (χ0n) is 13.1. The molecular formula is C18H28BrN. The zero-order chi connectivity index (χ0) is 14.5. The van der Waals surface area contributed by atoms with E-state index in [0.717, 1.165) is 18.4 Å². The molecule has 1 aromatic carbocycles. The lowest BCUT2D eigenvalue weighted by Crippen LogP contribution is -2.34. The van der Waals surface area contributed by atoms with Crippen LogP contribution in [-0.4, -0.2) is 6.54 Å². The van der Waals surface area contributed by atoms with Crippen LogP contribution in [0.5, 0.6) is 0 Å². The lowest BCUT2D eigenvalue weighted by molar-refractivity contribution is 0.176. The van der Waals surface area contributed by atoms with Crippen LogP contribution in [0.15, 0.2) is 22.7 Å². The Hall–Kier alpha value is -0.340. The molecule has 0 heterocycles. The summed E-state index contributed by atoms with van der Waals surface area (Å²) < 4.78 is 1.18. The molecule has 1 aliphatic carbocycles. The van der Waals surface area contributed by atoms with Gasteiger partial charge in [0.05, 0.1) is 0 Å². The van der Waals surface area contributed by atoms with Crippen molar-refractivity contribution in [3.63, 3.8) is 0 Å². The smallest absolute Gasteiger partial charge is 0.0353 e. The largest absolute Gasteiger partial charge is 0.310 e. The number of hydrogen-bond acceptors (Lipinski definition) is 1. The third-order valence-corrected chi connectivity index (χ3v) is 5.40. The van der Waals surface area contributed by atoms with Gasteiger partial charge in [-0.05, 0) is 55.0 Å². The second kappa shape index (κ2) is 7.61. The van der Waals surface area contributed by atoms with Crippen LogP contribution in [0.4, 0.5) is 0 Å². The molecule has 0 bridgehead atoms. The van der Waals surface area contributed by atoms with Crippen molar-refractivity contribution in [2.24, 2.45) is 11.8 Å². The molecule has 1 N–H and O–H groups in total. The summed E-state index contributed by atoms with van der Waals surface area (Å²) in [5.74, 6) is 1.68. The van der Waals surface area contributed by atoms with Gasteiger partial charge >= 0.3 is 0 Å². The van der Waals surface area contributed by atoms with Crippen LogP contribution in [0.3, 0.4) is 0 Å². The maximum Gasteiger partial charge on any atom is 0.0353 e. The van der Waals surface area contributed by atoms with Crippen molar-refractivity contribution in [3.05, 3.63) is 33.8 Å². The fraction of sp³-hybridized carbons (Fsp3) is 0.667. The Balaban J connectivity index is 2.29. The van der Waals surface area contributed by atoms with Crippen LogP contribution < -0.4 is 5.32 Å². The highest BCUT2D eigenvalue weighted by atomic mass is 79.9. The van der Waals surface area contributed by atoms with Gasteiger partial charge in [-0.1, -0.05) is 61.5 Å². The lowest BCUT2D eigenvalue weighted by Gasteiger charge is -2.38. The maximum atomic E-state index is 3.78. The Morgan fingerprint density at radius 3 is 2.65 bits per heavy atom. The summed E-state index contributed by atoms with van der Waals surface area (Å²) in [6, 6.07) is 7.28. The molecule has 1 aliphatic rings. The minimum Gasteiger partial charge on any atom is -0.310 e. The quantitative estimate of drug-likeness (QED) is 0.734. The third kappa shape index (κ3) is 3.65. The van der Waals surface area contributed by atoms with Crippen molar-refractivity contribution in [1.29, 1.82) is 0 Å². The van der Waals surface area contributed by atoms with Crippen LogP contribution in [0.2, 0.25) is 0 Å². The molecule has 3 atom stereocenters. The van der Waals surface area contributed by atoms with Gasteiger partial charge in [-0.2, -0.15) is 0 Å². The summed E-state index contributed by atoms with van der Waals surface area (Å²) in [5.41, 5.74) is 2.91. The summed E-state index contributed by atoms with van der Waals surface area (Å²) in [7, 11) is 0. The average molecular weight is 338 g/mol. The van der Waals surface area contributed by atoms with Gasteiger partial charge in [0.2, 0.25) is 0 Å². The molecule has 1 nitrogen and oxygen atoms in total. The van der Waals surface area contributed by atoms with Gasteiger partial charge in [-0.15, -0.1) is 0 Å². The molecule has 0 radical (unpaired) electrons. The number of nitrogens with one attached hydrogen (secondary N) is 1. The first-order chi connectivity index (χ1) is 9.67. The molecule has 0 saturated heterocycles. The van der Waals surface area contributed by atoms with Crippen molar-refractivity contribution < 1.29 is 0 Å². The van der Waals surface area contributed by atoms with Gasteiger partial charge in [0.25, 0.3) is 0 Å². The Morgan fingerprint density at radius 2 is 2.00 bits per heavy atom. The first-order valence-corrected chi connectivity index (χ1v) is 8.96. The molecule has 0 aliphatic heterocycles. The Kier molecular flexibility index (Phi) is 6.10. The van der Waals surface area contributed by atoms with Gasteiger partial charge in [0.15, 0.2) is 0 Å². The molecular weight excluding hydrogens is 310 g/mol. The summed E-state index contributed by atoms with van der Waals surface area (Å²) in [6.07, 6.45) is 6.94. The summed E-state index contributed by atoms with van der Waals surface area (Å²) >= 11 is 3.59. The van der Waals surface area contributed by atoms with E-state index in [-0.39, 0.29) is 0 Å². The number of hydrogen-bond donors (Lipinski definition) is 1. The topological polar surface area (TPSA) is 12.0 Å². The van der Waals surface area contributed by atoms with Crippen molar-refractivity contribution in [1.82, 2.24) is 5.32 Å². The highest BCUT2D eigenvalue weighted by Crippen LogP contribution is 2.41. The van der Waals surface area contributed by atoms with Crippen molar-refractivity contribution in [2.45, 2.75) is 58.9 Å². The number of halogens is 1. The second-order valence-corrected chi connectivity index (χ2v) is 7.07. The van der Waals surface area contributed by atoms with Crippen LogP contribution >= 0.6 is 15.9 Å². The van der Waals surface area contributed by atoms with Crippen LogP contribution in [-0.2, 0) is 0 Å². The standard InChI is InChI=1S/C18H28BrN/c1-4-14-8-6-7-9-17(14)18(20-5-2)16-11-10-15(19)12-13(16)3/h10-12,14,17-18,20H,4-9H2,1-3H3. The minimum absolute atomic E-state index is 0.526. The van der Waals surface area contributed by atoms with Crippen molar-refractivity contribution >= 4 is 15.9 Å². The van der Waals surface area contributed by atoms with Crippen molar-refractivity contribution in [3.8, 4) is 0 Å². The average Bonchev–Trinajstić information content (AvgIpc) is 2.45. The molecule has 1 aromatic rings. The van der Waals surface area contributed by atoms with Crippen LogP contribution in [0.1, 0.15) is 63.1 Å². The van der Waals surface area contributed by atoms with E-state index in [9.17, 15) is 0 Å². The van der Waals surface area contributed by atoms with E-state index in [4.69, 9.17) is 0 Å². The van der Waals surface area contributed by atoms with E-state index < -0.39 is 0 Å². The molecule has 0 aromatic heterocycles. The Morgan fingerprint density at radius 1 is 1.25 bits per heavy atom. The third-order valence-electron chi connectivity index (χ3n) is 4.91. The maximum absolute atomic E-state index is 3.78. The number of aryl methyl sites for hydroxylation is 1. The molecule has 112 valence electrons. The van der Waals surface area contributed by atoms with Crippen molar-refractivity contribution in [2.75, 3.05) is 6.54 Å². The zero-order valence-corrected chi connectivity index (χ0v) is 14.7. The van der Waals surface area contributed by atoms with E-state index in [2.05, 4.69) is 60.2 Å². The molecule has 2 heteroatoms. The van der Waals surface area contributed by atoms with E-state index in [1.165, 1.54) is 47.7 Å². The second-order valence-electron chi connectivity index (χ2n) is 6.15. The van der Waals surface area contributed by atoms with Gasteiger partial charge in [0, 0.05) is 10.5 Å². The summed E-state index contributed by atoms with van der Waals surface area (Å²) in [6.45, 7) is 7.88. The molecule has 20 heavy (non-hydrogen) atoms. The lowest BCUT2D eigenvalue weighted by atomic mass is 9.72. The van der Waals surface area contributed by atoms with E-state index >= 15 is 0 Å². The van der Waals surface area contributed by atoms with E-state index in [1.54, 1.807) is 0 Å². The fourth-order valence-electron chi connectivity index (χ4n) is 3.88. The van der Waals surface area contributed by atoms with Crippen LogP contribution in [0, 0.1) is 18.8 Å². The predicted octanol–water partition coefficient (Wildman–Crippen LogP) is 5.62. The highest BCUT2D eigenvalue weighted by Gasteiger charge is 2.31. The van der Waals surface area contributed by atoms with Crippen LogP contribution in [0.25, 0.3) is 0 Å². The molecule has 1 saturated carbocycles. The molecule has 2 rings (SSSR count). The molecule has 1 fully saturated rings. The van der Waals surface area contributed by atoms with Gasteiger partial charge in [0.1, 0.15) is 0 Å². The Labute approximate surface area is 132 Å². The minimum atomic E-state index is 0.526. The Bertz CT molecular complexity index is 429. The fourth-order valence-corrected chi connectivity index (χ4v) is 4.36. The predicted molar refractivity (Wildman–Crippen MR) is 91.0 cm³/mol. The first-order valence-electron chi connectivity index (χ1n) is 8.16. The normalized spacial score (nSPS) is 24.6. The van der Waals surface area contributed by atoms with Gasteiger partial charge < -0.3 is 5.32 Å². The molecule has 0 amide bonds. The van der Waals surface area contributed by atoms with Gasteiger partial charge in [-0.25, -0.2) is 0 Å². The van der Waals surface area contributed by atoms with E-state index in [0.29, 0.717) is 6.04 Å². The molecule has 0 spiro atoms.